The molecule has 0 aliphatic carbocycles. The van der Waals surface area contributed by atoms with E-state index in [1.54, 1.807) is 24.4 Å². The summed E-state index contributed by atoms with van der Waals surface area (Å²) in [6, 6.07) is 13.1. The fourth-order valence-electron chi connectivity index (χ4n) is 2.09. The number of furan rings is 1. The summed E-state index contributed by atoms with van der Waals surface area (Å²) in [6.45, 7) is 0.660. The molecule has 0 saturated heterocycles. The third kappa shape index (κ3) is 4.43. The largest absolute Gasteiger partial charge is 0.450 e. The third-order valence-corrected chi connectivity index (χ3v) is 3.52. The number of carbonyl (C=O) groups is 1. The fraction of sp³-hybridized carbons (Fsp3) is 0.0588. The Morgan fingerprint density at radius 2 is 2.22 bits per heavy atom. The topological polar surface area (TPSA) is 60.1 Å². The van der Waals surface area contributed by atoms with Gasteiger partial charge < -0.3 is 9.73 Å². The summed E-state index contributed by atoms with van der Waals surface area (Å²) in [7, 11) is 0. The van der Waals surface area contributed by atoms with Crippen LogP contribution in [0.15, 0.2) is 70.0 Å². The third-order valence-electron chi connectivity index (χ3n) is 3.09. The molecular formula is C17H14BrN3O2. The minimum Gasteiger partial charge on any atom is -0.450 e. The summed E-state index contributed by atoms with van der Waals surface area (Å²) < 4.78 is 7.76. The summed E-state index contributed by atoms with van der Waals surface area (Å²) >= 11 is 3.22. The predicted molar refractivity (Wildman–Crippen MR) is 91.8 cm³/mol. The van der Waals surface area contributed by atoms with Crippen LogP contribution < -0.4 is 5.32 Å². The van der Waals surface area contributed by atoms with Gasteiger partial charge in [-0.3, -0.25) is 9.48 Å². The molecule has 0 saturated carbocycles. The first-order valence-corrected chi connectivity index (χ1v) is 7.79. The van der Waals surface area contributed by atoms with Crippen LogP contribution in [0.1, 0.15) is 11.3 Å². The SMILES string of the molecule is O=C(/C=C/c1ccc(Br)o1)Nc1cccc(Cn2cccn2)c1. The Labute approximate surface area is 141 Å². The van der Waals surface area contributed by atoms with Gasteiger partial charge in [0.25, 0.3) is 0 Å². The molecule has 2 heterocycles. The molecule has 0 atom stereocenters. The number of hydrogen-bond donors (Lipinski definition) is 1. The van der Waals surface area contributed by atoms with E-state index >= 15 is 0 Å². The smallest absolute Gasteiger partial charge is 0.248 e. The van der Waals surface area contributed by atoms with Crippen LogP contribution in [0.5, 0.6) is 0 Å². The standard InChI is InChI=1S/C17H14BrN3O2/c18-16-7-5-15(23-16)6-8-17(22)20-14-4-1-3-13(11-14)12-21-10-2-9-19-21/h1-11H,12H2,(H,20,22)/b8-6+. The van der Waals surface area contributed by atoms with Crippen molar-refractivity contribution < 1.29 is 9.21 Å². The molecule has 0 unspecified atom stereocenters. The van der Waals surface area contributed by atoms with Crippen LogP contribution in [-0.2, 0) is 11.3 Å². The van der Waals surface area contributed by atoms with Crippen LogP contribution >= 0.6 is 15.9 Å². The van der Waals surface area contributed by atoms with E-state index in [0.717, 1.165) is 11.3 Å². The van der Waals surface area contributed by atoms with Gasteiger partial charge in [0, 0.05) is 24.2 Å². The predicted octanol–water partition coefficient (Wildman–Crippen LogP) is 3.94. The molecule has 6 heteroatoms. The Morgan fingerprint density at radius 3 is 2.96 bits per heavy atom. The van der Waals surface area contributed by atoms with Gasteiger partial charge in [0.1, 0.15) is 5.76 Å². The van der Waals surface area contributed by atoms with Gasteiger partial charge in [0.2, 0.25) is 5.91 Å². The molecule has 0 aliphatic heterocycles. The maximum Gasteiger partial charge on any atom is 0.248 e. The highest BCUT2D eigenvalue weighted by atomic mass is 79.9. The zero-order valence-corrected chi connectivity index (χ0v) is 13.7. The Bertz CT molecular complexity index is 822. The summed E-state index contributed by atoms with van der Waals surface area (Å²) in [5, 5.41) is 7.00. The summed E-state index contributed by atoms with van der Waals surface area (Å²) in [6.07, 6.45) is 6.69. The van der Waals surface area contributed by atoms with Crippen molar-refractivity contribution in [2.24, 2.45) is 0 Å². The molecular weight excluding hydrogens is 358 g/mol. The molecule has 3 aromatic rings. The number of halogens is 1. The normalized spacial score (nSPS) is 11.0. The van der Waals surface area contributed by atoms with Crippen LogP contribution in [0.25, 0.3) is 6.08 Å². The summed E-state index contributed by atoms with van der Waals surface area (Å²) in [5.74, 6) is 0.396. The van der Waals surface area contributed by atoms with Crippen molar-refractivity contribution in [3.8, 4) is 0 Å². The van der Waals surface area contributed by atoms with Crippen molar-refractivity contribution in [2.45, 2.75) is 6.54 Å². The zero-order valence-electron chi connectivity index (χ0n) is 12.1. The van der Waals surface area contributed by atoms with Gasteiger partial charge in [-0.2, -0.15) is 5.10 Å². The van der Waals surface area contributed by atoms with Gasteiger partial charge in [-0.05, 0) is 57.9 Å². The Balaban J connectivity index is 1.63. The summed E-state index contributed by atoms with van der Waals surface area (Å²) in [5.41, 5.74) is 1.80. The van der Waals surface area contributed by atoms with Gasteiger partial charge in [-0.25, -0.2) is 0 Å². The van der Waals surface area contributed by atoms with E-state index in [1.165, 1.54) is 6.08 Å². The maximum atomic E-state index is 12.0. The molecule has 2 aromatic heterocycles. The first kappa shape index (κ1) is 15.3. The lowest BCUT2D eigenvalue weighted by molar-refractivity contribution is -0.111. The highest BCUT2D eigenvalue weighted by molar-refractivity contribution is 9.10. The number of carbonyl (C=O) groups excluding carboxylic acids is 1. The van der Waals surface area contributed by atoms with Gasteiger partial charge in [-0.1, -0.05) is 12.1 Å². The molecule has 1 aromatic carbocycles. The Hall–Kier alpha value is -2.60. The number of hydrogen-bond acceptors (Lipinski definition) is 3. The maximum absolute atomic E-state index is 12.0. The van der Waals surface area contributed by atoms with Crippen LogP contribution in [0.4, 0.5) is 5.69 Å². The van der Waals surface area contributed by atoms with Gasteiger partial charge in [-0.15, -0.1) is 0 Å². The molecule has 0 spiro atoms. The van der Waals surface area contributed by atoms with E-state index in [4.69, 9.17) is 4.42 Å². The van der Waals surface area contributed by atoms with Crippen LogP contribution in [-0.4, -0.2) is 15.7 Å². The van der Waals surface area contributed by atoms with E-state index < -0.39 is 0 Å². The average molecular weight is 372 g/mol. The molecule has 1 amide bonds. The minimum atomic E-state index is -0.214. The van der Waals surface area contributed by atoms with Crippen molar-refractivity contribution in [1.29, 1.82) is 0 Å². The lowest BCUT2D eigenvalue weighted by Crippen LogP contribution is -2.08. The van der Waals surface area contributed by atoms with Crippen molar-refractivity contribution in [3.63, 3.8) is 0 Å². The zero-order chi connectivity index (χ0) is 16.1. The lowest BCUT2D eigenvalue weighted by Gasteiger charge is -2.06. The second-order valence-electron chi connectivity index (χ2n) is 4.87. The van der Waals surface area contributed by atoms with E-state index in [0.29, 0.717) is 17.0 Å². The number of rotatable bonds is 5. The molecule has 116 valence electrons. The van der Waals surface area contributed by atoms with E-state index in [2.05, 4.69) is 26.3 Å². The molecule has 3 rings (SSSR count). The lowest BCUT2D eigenvalue weighted by atomic mass is 10.2. The number of nitrogens with one attached hydrogen (secondary N) is 1. The molecule has 0 bridgehead atoms. The minimum absolute atomic E-state index is 0.214. The second kappa shape index (κ2) is 7.11. The molecule has 5 nitrogen and oxygen atoms in total. The highest BCUT2D eigenvalue weighted by Crippen LogP contribution is 2.15. The first-order chi connectivity index (χ1) is 11.2. The van der Waals surface area contributed by atoms with Crippen LogP contribution in [0.3, 0.4) is 0 Å². The molecule has 23 heavy (non-hydrogen) atoms. The van der Waals surface area contributed by atoms with Crippen molar-refractivity contribution >= 4 is 33.6 Å². The summed E-state index contributed by atoms with van der Waals surface area (Å²) in [4.78, 5) is 12.0. The number of nitrogens with zero attached hydrogens (tertiary/aromatic N) is 2. The van der Waals surface area contributed by atoms with E-state index in [9.17, 15) is 4.79 Å². The van der Waals surface area contributed by atoms with Gasteiger partial charge in [0.15, 0.2) is 4.67 Å². The fourth-order valence-corrected chi connectivity index (χ4v) is 2.41. The highest BCUT2D eigenvalue weighted by Gasteiger charge is 2.01. The van der Waals surface area contributed by atoms with Crippen LogP contribution in [0.2, 0.25) is 0 Å². The number of anilines is 1. The van der Waals surface area contributed by atoms with Crippen LogP contribution in [0, 0.1) is 0 Å². The van der Waals surface area contributed by atoms with E-state index in [-0.39, 0.29) is 5.91 Å². The average Bonchev–Trinajstić information content (AvgIpc) is 3.17. The molecule has 1 N–H and O–H groups in total. The number of aromatic nitrogens is 2. The monoisotopic (exact) mass is 371 g/mol. The molecule has 0 aliphatic rings. The quantitative estimate of drug-likeness (QED) is 0.691. The first-order valence-electron chi connectivity index (χ1n) is 7.00. The Kier molecular flexibility index (Phi) is 4.73. The molecule has 0 fully saturated rings. The van der Waals surface area contributed by atoms with Gasteiger partial charge in [0.05, 0.1) is 6.54 Å². The number of benzene rings is 1. The van der Waals surface area contributed by atoms with Crippen molar-refractivity contribution in [3.05, 3.63) is 76.9 Å². The van der Waals surface area contributed by atoms with Crippen molar-refractivity contribution in [1.82, 2.24) is 9.78 Å². The Morgan fingerprint density at radius 1 is 1.30 bits per heavy atom. The number of amides is 1. The van der Waals surface area contributed by atoms with E-state index in [1.807, 2.05) is 41.2 Å². The molecule has 0 radical (unpaired) electrons. The van der Waals surface area contributed by atoms with Gasteiger partial charge >= 0.3 is 0 Å². The second-order valence-corrected chi connectivity index (χ2v) is 5.65. The van der Waals surface area contributed by atoms with Crippen molar-refractivity contribution in [2.75, 3.05) is 5.32 Å².